The van der Waals surface area contributed by atoms with Crippen molar-refractivity contribution in [3.05, 3.63) is 42.0 Å². The highest BCUT2D eigenvalue weighted by molar-refractivity contribution is 7.99. The van der Waals surface area contributed by atoms with Crippen LogP contribution in [0.5, 0.6) is 0 Å². The van der Waals surface area contributed by atoms with Crippen molar-refractivity contribution in [3.63, 3.8) is 0 Å². The van der Waals surface area contributed by atoms with Gasteiger partial charge in [-0.05, 0) is 16.9 Å². The Hall–Kier alpha value is -0.340. The summed E-state index contributed by atoms with van der Waals surface area (Å²) in [6.45, 7) is 3.72. The van der Waals surface area contributed by atoms with Crippen LogP contribution in [0.4, 0.5) is 0 Å². The van der Waals surface area contributed by atoms with E-state index in [0.717, 1.165) is 17.3 Å². The summed E-state index contributed by atoms with van der Waals surface area (Å²) < 4.78 is 0. The monoisotopic (exact) mass is 210 g/mol. The fourth-order valence-corrected chi connectivity index (χ4v) is 2.09. The number of benzene rings is 1. The van der Waals surface area contributed by atoms with Crippen LogP contribution in [-0.4, -0.2) is 11.5 Å². The number of hydrogen-bond donors (Lipinski definition) is 1. The average molecular weight is 210 g/mol. The summed E-state index contributed by atoms with van der Waals surface area (Å²) in [6, 6.07) is 8.51. The van der Waals surface area contributed by atoms with E-state index < -0.39 is 0 Å². The fourth-order valence-electron chi connectivity index (χ4n) is 1.00. The molecule has 0 N–H and O–H groups in total. The predicted molar refractivity (Wildman–Crippen MR) is 66.5 cm³/mol. The number of thiol groups is 1. The van der Waals surface area contributed by atoms with Crippen molar-refractivity contribution < 1.29 is 0 Å². The average Bonchev–Trinajstić information content (AvgIpc) is 2.19. The number of thioether (sulfide) groups is 1. The molecule has 1 aromatic rings. The van der Waals surface area contributed by atoms with Crippen LogP contribution < -0.4 is 0 Å². The van der Waals surface area contributed by atoms with E-state index in [9.17, 15) is 0 Å². The fraction of sp³-hybridized carbons (Fsp3) is 0.273. The van der Waals surface area contributed by atoms with Crippen LogP contribution in [-0.2, 0) is 5.75 Å². The zero-order valence-electron chi connectivity index (χ0n) is 7.57. The van der Waals surface area contributed by atoms with Gasteiger partial charge in [-0.15, -0.1) is 0 Å². The van der Waals surface area contributed by atoms with Gasteiger partial charge in [0.05, 0.1) is 0 Å². The lowest BCUT2D eigenvalue weighted by atomic mass is 10.1. The molecule has 0 fully saturated rings. The summed E-state index contributed by atoms with van der Waals surface area (Å²) in [4.78, 5) is 0. The summed E-state index contributed by atoms with van der Waals surface area (Å²) in [5, 5.41) is 0. The molecule has 0 saturated carbocycles. The van der Waals surface area contributed by atoms with E-state index in [1.807, 2.05) is 17.8 Å². The van der Waals surface area contributed by atoms with Crippen LogP contribution in [0.1, 0.15) is 11.1 Å². The van der Waals surface area contributed by atoms with Gasteiger partial charge < -0.3 is 0 Å². The van der Waals surface area contributed by atoms with Crippen LogP contribution in [0.15, 0.2) is 30.8 Å². The van der Waals surface area contributed by atoms with E-state index in [1.165, 1.54) is 11.1 Å². The Labute approximate surface area is 89.8 Å². The van der Waals surface area contributed by atoms with Gasteiger partial charge in [-0.2, -0.15) is 24.4 Å². The molecule has 0 aromatic heterocycles. The van der Waals surface area contributed by atoms with Crippen molar-refractivity contribution in [1.82, 2.24) is 0 Å². The summed E-state index contributed by atoms with van der Waals surface area (Å²) in [5.74, 6) is 3.15. The molecule has 0 aliphatic rings. The second-order valence-corrected chi connectivity index (χ2v) is 4.27. The van der Waals surface area contributed by atoms with Crippen LogP contribution in [0.25, 0.3) is 6.08 Å². The molecule has 0 radical (unpaired) electrons. The Morgan fingerprint density at radius 3 is 2.54 bits per heavy atom. The summed E-state index contributed by atoms with van der Waals surface area (Å²) in [5.41, 5.74) is 2.56. The lowest BCUT2D eigenvalue weighted by Crippen LogP contribution is -1.84. The van der Waals surface area contributed by atoms with E-state index in [0.29, 0.717) is 0 Å². The van der Waals surface area contributed by atoms with E-state index >= 15 is 0 Å². The molecular formula is C11H14S2. The van der Waals surface area contributed by atoms with Gasteiger partial charge in [-0.3, -0.25) is 0 Å². The van der Waals surface area contributed by atoms with Crippen molar-refractivity contribution in [3.8, 4) is 0 Å². The molecule has 2 heteroatoms. The first kappa shape index (κ1) is 10.7. The largest absolute Gasteiger partial charge is 0.179 e. The highest BCUT2D eigenvalue weighted by Gasteiger charge is 1.92. The van der Waals surface area contributed by atoms with Gasteiger partial charge in [-0.1, -0.05) is 36.9 Å². The minimum atomic E-state index is 0.954. The summed E-state index contributed by atoms with van der Waals surface area (Å²) in [7, 11) is 0. The zero-order chi connectivity index (χ0) is 9.52. The molecule has 0 aliphatic heterocycles. The molecule has 0 aliphatic carbocycles. The highest BCUT2D eigenvalue weighted by Crippen LogP contribution is 2.13. The molecule has 70 valence electrons. The van der Waals surface area contributed by atoms with Gasteiger partial charge in [0.15, 0.2) is 0 Å². The minimum Gasteiger partial charge on any atom is -0.179 e. The van der Waals surface area contributed by atoms with E-state index in [-0.39, 0.29) is 0 Å². The quantitative estimate of drug-likeness (QED) is 0.573. The van der Waals surface area contributed by atoms with Crippen molar-refractivity contribution in [2.45, 2.75) is 5.75 Å². The third-order valence-corrected chi connectivity index (χ3v) is 3.28. The molecule has 1 rings (SSSR count). The molecular weight excluding hydrogens is 196 g/mol. The lowest BCUT2D eigenvalue weighted by Gasteiger charge is -2.00. The Bertz CT molecular complexity index is 251. The first-order valence-electron chi connectivity index (χ1n) is 4.27. The molecule has 0 heterocycles. The molecule has 0 unspecified atom stereocenters. The SMILES string of the molecule is C=Cc1ccc(CSCCS)cc1. The first-order chi connectivity index (χ1) is 6.36. The van der Waals surface area contributed by atoms with Gasteiger partial charge >= 0.3 is 0 Å². The molecule has 0 nitrogen and oxygen atoms in total. The van der Waals surface area contributed by atoms with E-state index in [1.54, 1.807) is 0 Å². The Kier molecular flexibility index (Phi) is 5.09. The van der Waals surface area contributed by atoms with E-state index in [4.69, 9.17) is 0 Å². The van der Waals surface area contributed by atoms with Crippen molar-refractivity contribution in [2.24, 2.45) is 0 Å². The summed E-state index contributed by atoms with van der Waals surface area (Å²) in [6.07, 6.45) is 1.87. The predicted octanol–water partition coefficient (Wildman–Crippen LogP) is 3.49. The van der Waals surface area contributed by atoms with Crippen molar-refractivity contribution in [1.29, 1.82) is 0 Å². The second-order valence-electron chi connectivity index (χ2n) is 2.72. The minimum absolute atomic E-state index is 0.954. The molecule has 0 spiro atoms. The maximum Gasteiger partial charge on any atom is 0.0184 e. The van der Waals surface area contributed by atoms with Crippen molar-refractivity contribution in [2.75, 3.05) is 11.5 Å². The maximum absolute atomic E-state index is 4.16. The van der Waals surface area contributed by atoms with Crippen LogP contribution >= 0.6 is 24.4 Å². The van der Waals surface area contributed by atoms with Crippen LogP contribution in [0.2, 0.25) is 0 Å². The van der Waals surface area contributed by atoms with Gasteiger partial charge in [0.25, 0.3) is 0 Å². The van der Waals surface area contributed by atoms with Gasteiger partial charge in [0.2, 0.25) is 0 Å². The number of hydrogen-bond acceptors (Lipinski definition) is 2. The second kappa shape index (κ2) is 6.17. The lowest BCUT2D eigenvalue weighted by molar-refractivity contribution is 1.39. The first-order valence-corrected chi connectivity index (χ1v) is 6.05. The van der Waals surface area contributed by atoms with Crippen LogP contribution in [0, 0.1) is 0 Å². The van der Waals surface area contributed by atoms with Gasteiger partial charge in [-0.25, -0.2) is 0 Å². The number of rotatable bonds is 5. The standard InChI is InChI=1S/C11H14S2/c1-2-10-3-5-11(6-4-10)9-13-8-7-12/h2-6,12H,1,7-9H2. The molecule has 0 bridgehead atoms. The Morgan fingerprint density at radius 1 is 1.31 bits per heavy atom. The van der Waals surface area contributed by atoms with Crippen LogP contribution in [0.3, 0.4) is 0 Å². The smallest absolute Gasteiger partial charge is 0.0184 e. The topological polar surface area (TPSA) is 0 Å². The Balaban J connectivity index is 2.44. The molecule has 13 heavy (non-hydrogen) atoms. The van der Waals surface area contributed by atoms with E-state index in [2.05, 4.69) is 43.5 Å². The molecule has 0 amide bonds. The normalized spacial score (nSPS) is 9.92. The molecule has 0 saturated heterocycles. The van der Waals surface area contributed by atoms with Gasteiger partial charge in [0, 0.05) is 11.5 Å². The molecule has 1 aromatic carbocycles. The maximum atomic E-state index is 4.16. The third-order valence-electron chi connectivity index (χ3n) is 1.72. The highest BCUT2D eigenvalue weighted by atomic mass is 32.2. The zero-order valence-corrected chi connectivity index (χ0v) is 9.28. The van der Waals surface area contributed by atoms with Crippen molar-refractivity contribution >= 4 is 30.5 Å². The summed E-state index contributed by atoms with van der Waals surface area (Å²) >= 11 is 6.08. The molecule has 0 atom stereocenters. The Morgan fingerprint density at radius 2 is 2.00 bits per heavy atom. The van der Waals surface area contributed by atoms with Gasteiger partial charge in [0.1, 0.15) is 0 Å². The third kappa shape index (κ3) is 3.92.